The summed E-state index contributed by atoms with van der Waals surface area (Å²) in [6.07, 6.45) is 2.48. The molecule has 5 nitrogen and oxygen atoms in total. The van der Waals surface area contributed by atoms with Crippen LogP contribution in [0.2, 0.25) is 0 Å². The predicted octanol–water partition coefficient (Wildman–Crippen LogP) is 4.64. The number of hydrogen-bond donors (Lipinski definition) is 1. The van der Waals surface area contributed by atoms with Gasteiger partial charge in [-0.3, -0.25) is 4.79 Å². The molecule has 0 saturated carbocycles. The van der Waals surface area contributed by atoms with Crippen molar-refractivity contribution in [3.05, 3.63) is 53.6 Å². The van der Waals surface area contributed by atoms with Gasteiger partial charge in [-0.2, -0.15) is 0 Å². The number of hydrogen-bond acceptors (Lipinski definition) is 4. The van der Waals surface area contributed by atoms with Crippen molar-refractivity contribution in [2.24, 2.45) is 5.92 Å². The average molecular weight is 409 g/mol. The summed E-state index contributed by atoms with van der Waals surface area (Å²) in [5.74, 6) is 1.80. The third-order valence-corrected chi connectivity index (χ3v) is 6.26. The fourth-order valence-electron chi connectivity index (χ4n) is 4.53. The Morgan fingerprint density at radius 3 is 2.50 bits per heavy atom. The van der Waals surface area contributed by atoms with Crippen LogP contribution in [0.1, 0.15) is 50.3 Å². The minimum Gasteiger partial charge on any atom is -0.497 e. The lowest BCUT2D eigenvalue weighted by molar-refractivity contribution is -0.126. The number of nitrogens with one attached hydrogen (secondary N) is 1. The van der Waals surface area contributed by atoms with E-state index in [0.29, 0.717) is 0 Å². The molecule has 0 radical (unpaired) electrons. The van der Waals surface area contributed by atoms with E-state index in [0.717, 1.165) is 49.4 Å². The van der Waals surface area contributed by atoms with Crippen molar-refractivity contribution in [1.82, 2.24) is 5.32 Å². The van der Waals surface area contributed by atoms with Crippen LogP contribution in [0.3, 0.4) is 0 Å². The van der Waals surface area contributed by atoms with E-state index in [1.807, 2.05) is 18.2 Å². The smallest absolute Gasteiger partial charge is 0.223 e. The molecule has 5 heteroatoms. The molecule has 0 aliphatic carbocycles. The summed E-state index contributed by atoms with van der Waals surface area (Å²) < 4.78 is 11.5. The molecule has 0 bridgehead atoms. The Morgan fingerprint density at radius 1 is 1.13 bits per heavy atom. The molecular weight excluding hydrogens is 376 g/mol. The third-order valence-electron chi connectivity index (χ3n) is 6.26. The molecule has 2 aromatic carbocycles. The molecule has 1 N–H and O–H groups in total. The first-order chi connectivity index (χ1) is 14.3. The second kappa shape index (κ2) is 8.21. The van der Waals surface area contributed by atoms with Crippen molar-refractivity contribution in [2.45, 2.75) is 51.7 Å². The van der Waals surface area contributed by atoms with E-state index in [-0.39, 0.29) is 23.5 Å². The topological polar surface area (TPSA) is 50.8 Å². The summed E-state index contributed by atoms with van der Waals surface area (Å²) in [5, 5.41) is 3.32. The van der Waals surface area contributed by atoms with E-state index in [1.165, 1.54) is 11.3 Å². The molecule has 0 spiro atoms. The van der Waals surface area contributed by atoms with Gasteiger partial charge in [-0.05, 0) is 63.9 Å². The molecule has 1 amide bonds. The molecule has 0 unspecified atom stereocenters. The lowest BCUT2D eigenvalue weighted by Gasteiger charge is -2.39. The second-order valence-corrected chi connectivity index (χ2v) is 9.13. The molecule has 160 valence electrons. The van der Waals surface area contributed by atoms with Gasteiger partial charge in [-0.1, -0.05) is 17.7 Å². The fraction of sp³-hybridized carbons (Fsp3) is 0.480. The maximum Gasteiger partial charge on any atom is 0.223 e. The minimum absolute atomic E-state index is 0.0479. The summed E-state index contributed by atoms with van der Waals surface area (Å²) in [7, 11) is 1.66. The lowest BCUT2D eigenvalue weighted by Crippen LogP contribution is -2.45. The Hall–Kier alpha value is -2.69. The zero-order chi connectivity index (χ0) is 21.3. The van der Waals surface area contributed by atoms with Crippen molar-refractivity contribution in [1.29, 1.82) is 0 Å². The quantitative estimate of drug-likeness (QED) is 0.801. The van der Waals surface area contributed by atoms with Crippen molar-refractivity contribution in [3.63, 3.8) is 0 Å². The van der Waals surface area contributed by atoms with E-state index >= 15 is 0 Å². The molecule has 2 aromatic rings. The summed E-state index contributed by atoms with van der Waals surface area (Å²) in [4.78, 5) is 15.5. The van der Waals surface area contributed by atoms with Crippen LogP contribution >= 0.6 is 0 Å². The molecule has 30 heavy (non-hydrogen) atoms. The fourth-order valence-corrected chi connectivity index (χ4v) is 4.53. The standard InChI is InChI=1S/C25H32N2O3/c1-17-5-7-19(8-6-17)27-13-11-18(12-14-27)24(28)26-22-16-25(2,3)30-23-10-9-20(29-4)15-21(22)23/h5-10,15,18,22H,11-14,16H2,1-4H3,(H,26,28)/t22-/m0/s1. The number of amides is 1. The van der Waals surface area contributed by atoms with Crippen molar-refractivity contribution in [3.8, 4) is 11.5 Å². The van der Waals surface area contributed by atoms with Gasteiger partial charge >= 0.3 is 0 Å². The Bertz CT molecular complexity index is 899. The Morgan fingerprint density at radius 2 is 1.83 bits per heavy atom. The lowest BCUT2D eigenvalue weighted by atomic mass is 9.88. The molecule has 1 fully saturated rings. The van der Waals surface area contributed by atoms with Crippen molar-refractivity contribution in [2.75, 3.05) is 25.1 Å². The van der Waals surface area contributed by atoms with Gasteiger partial charge in [0.05, 0.1) is 13.2 Å². The van der Waals surface area contributed by atoms with E-state index in [2.05, 4.69) is 55.3 Å². The molecule has 2 aliphatic rings. The molecule has 4 rings (SSSR count). The zero-order valence-electron chi connectivity index (χ0n) is 18.4. The highest BCUT2D eigenvalue weighted by molar-refractivity contribution is 5.79. The van der Waals surface area contributed by atoms with Crippen molar-refractivity contribution >= 4 is 11.6 Å². The number of piperidine rings is 1. The van der Waals surface area contributed by atoms with Crippen molar-refractivity contribution < 1.29 is 14.3 Å². The van der Waals surface area contributed by atoms with Crippen LogP contribution in [0.15, 0.2) is 42.5 Å². The van der Waals surface area contributed by atoms with Crippen LogP contribution in [0.5, 0.6) is 11.5 Å². The number of rotatable bonds is 4. The second-order valence-electron chi connectivity index (χ2n) is 9.13. The van der Waals surface area contributed by atoms with Gasteiger partial charge in [0.15, 0.2) is 0 Å². The Labute approximate surface area is 179 Å². The van der Waals surface area contributed by atoms with Crippen LogP contribution < -0.4 is 19.7 Å². The van der Waals surface area contributed by atoms with Crippen LogP contribution in [0.4, 0.5) is 5.69 Å². The molecular formula is C25H32N2O3. The van der Waals surface area contributed by atoms with Gasteiger partial charge in [-0.15, -0.1) is 0 Å². The molecule has 0 aromatic heterocycles. The number of anilines is 1. The van der Waals surface area contributed by atoms with Gasteiger partial charge in [0.1, 0.15) is 17.1 Å². The van der Waals surface area contributed by atoms with Crippen LogP contribution in [-0.2, 0) is 4.79 Å². The van der Waals surface area contributed by atoms with Gasteiger partial charge < -0.3 is 19.7 Å². The first-order valence-electron chi connectivity index (χ1n) is 10.8. The highest BCUT2D eigenvalue weighted by Gasteiger charge is 2.36. The van der Waals surface area contributed by atoms with Gasteiger partial charge in [0.2, 0.25) is 5.91 Å². The van der Waals surface area contributed by atoms with Gasteiger partial charge in [0.25, 0.3) is 0 Å². The molecule has 1 atom stereocenters. The summed E-state index contributed by atoms with van der Waals surface area (Å²) in [6, 6.07) is 14.4. The third kappa shape index (κ3) is 4.40. The SMILES string of the molecule is COc1ccc2c(c1)[C@@H](NC(=O)C1CCN(c3ccc(C)cc3)CC1)CC(C)(C)O2. The van der Waals surface area contributed by atoms with Crippen LogP contribution in [-0.4, -0.2) is 31.7 Å². The van der Waals surface area contributed by atoms with E-state index in [1.54, 1.807) is 7.11 Å². The number of ether oxygens (including phenoxy) is 2. The highest BCUT2D eigenvalue weighted by atomic mass is 16.5. The summed E-state index contributed by atoms with van der Waals surface area (Å²) in [5.41, 5.74) is 3.18. The monoisotopic (exact) mass is 408 g/mol. The zero-order valence-corrected chi connectivity index (χ0v) is 18.4. The highest BCUT2D eigenvalue weighted by Crippen LogP contribution is 2.41. The number of methoxy groups -OCH3 is 1. The average Bonchev–Trinajstić information content (AvgIpc) is 2.73. The summed E-state index contributed by atoms with van der Waals surface area (Å²) >= 11 is 0. The molecule has 2 heterocycles. The van der Waals surface area contributed by atoms with Crippen LogP contribution in [0.25, 0.3) is 0 Å². The normalized spacial score (nSPS) is 20.8. The summed E-state index contributed by atoms with van der Waals surface area (Å²) in [6.45, 7) is 8.06. The number of benzene rings is 2. The number of carbonyl (C=O) groups is 1. The molecule has 2 aliphatic heterocycles. The molecule has 1 saturated heterocycles. The van der Waals surface area contributed by atoms with E-state index < -0.39 is 0 Å². The first-order valence-corrected chi connectivity index (χ1v) is 10.8. The first kappa shape index (κ1) is 20.6. The Kier molecular flexibility index (Phi) is 5.63. The van der Waals surface area contributed by atoms with Gasteiger partial charge in [-0.25, -0.2) is 0 Å². The number of nitrogens with zero attached hydrogens (tertiary/aromatic N) is 1. The Balaban J connectivity index is 1.42. The van der Waals surface area contributed by atoms with E-state index in [4.69, 9.17) is 9.47 Å². The predicted molar refractivity (Wildman–Crippen MR) is 119 cm³/mol. The number of aryl methyl sites for hydroxylation is 1. The van der Waals surface area contributed by atoms with Crippen LogP contribution in [0, 0.1) is 12.8 Å². The minimum atomic E-state index is -0.325. The maximum atomic E-state index is 13.1. The maximum absolute atomic E-state index is 13.1. The number of carbonyl (C=O) groups excluding carboxylic acids is 1. The van der Waals surface area contributed by atoms with Gasteiger partial charge in [0, 0.05) is 36.7 Å². The van der Waals surface area contributed by atoms with E-state index in [9.17, 15) is 4.79 Å². The largest absolute Gasteiger partial charge is 0.497 e. The number of fused-ring (bicyclic) bond motifs is 1.